The Balaban J connectivity index is 1.40. The van der Waals surface area contributed by atoms with Crippen LogP contribution in [0, 0.1) is 5.92 Å². The lowest BCUT2D eigenvalue weighted by atomic mass is 10.0. The topological polar surface area (TPSA) is 84.1 Å². The summed E-state index contributed by atoms with van der Waals surface area (Å²) >= 11 is 0. The molecule has 0 aliphatic carbocycles. The van der Waals surface area contributed by atoms with Gasteiger partial charge in [-0.05, 0) is 37.1 Å². The van der Waals surface area contributed by atoms with Gasteiger partial charge in [-0.3, -0.25) is 4.90 Å². The Morgan fingerprint density at radius 2 is 2.00 bits per heavy atom. The highest BCUT2D eigenvalue weighted by atomic mass is 16.4. The molecule has 0 amide bonds. The van der Waals surface area contributed by atoms with Crippen LogP contribution in [0.5, 0.6) is 0 Å². The number of aromatic nitrogens is 4. The van der Waals surface area contributed by atoms with Crippen LogP contribution in [0.1, 0.15) is 28.2 Å². The van der Waals surface area contributed by atoms with Gasteiger partial charge in [0.2, 0.25) is 0 Å². The van der Waals surface area contributed by atoms with Crippen molar-refractivity contribution < 1.29 is 9.90 Å². The molecule has 27 heavy (non-hydrogen) atoms. The molecule has 0 saturated carbocycles. The van der Waals surface area contributed by atoms with Gasteiger partial charge in [-0.2, -0.15) is 5.10 Å². The molecule has 7 heteroatoms. The van der Waals surface area contributed by atoms with E-state index in [-0.39, 0.29) is 5.56 Å². The van der Waals surface area contributed by atoms with Crippen molar-refractivity contribution in [3.05, 3.63) is 72.1 Å². The zero-order chi connectivity index (χ0) is 18.6. The van der Waals surface area contributed by atoms with E-state index in [1.165, 1.54) is 0 Å². The van der Waals surface area contributed by atoms with Crippen molar-refractivity contribution in [2.75, 3.05) is 13.1 Å². The first-order chi connectivity index (χ1) is 13.2. The summed E-state index contributed by atoms with van der Waals surface area (Å²) in [7, 11) is 0. The smallest absolute Gasteiger partial charge is 0.337 e. The minimum absolute atomic E-state index is 0.247. The van der Waals surface area contributed by atoms with Gasteiger partial charge < -0.3 is 5.11 Å². The number of rotatable bonds is 6. The van der Waals surface area contributed by atoms with Crippen molar-refractivity contribution in [3.8, 4) is 5.69 Å². The molecule has 0 radical (unpaired) electrons. The lowest BCUT2D eigenvalue weighted by Gasteiger charge is -2.14. The van der Waals surface area contributed by atoms with E-state index in [1.807, 2.05) is 24.5 Å². The fourth-order valence-corrected chi connectivity index (χ4v) is 3.60. The summed E-state index contributed by atoms with van der Waals surface area (Å²) in [6.45, 7) is 2.85. The molecule has 7 nitrogen and oxygen atoms in total. The summed E-state index contributed by atoms with van der Waals surface area (Å²) in [5.41, 5.74) is 1.90. The Morgan fingerprint density at radius 1 is 1.19 bits per heavy atom. The van der Waals surface area contributed by atoms with Gasteiger partial charge in [0.1, 0.15) is 5.82 Å². The molecule has 4 rings (SSSR count). The third-order valence-corrected chi connectivity index (χ3v) is 4.88. The van der Waals surface area contributed by atoms with Crippen molar-refractivity contribution in [2.45, 2.75) is 19.4 Å². The first kappa shape index (κ1) is 17.4. The van der Waals surface area contributed by atoms with Crippen LogP contribution in [-0.4, -0.2) is 48.8 Å². The monoisotopic (exact) mass is 363 g/mol. The van der Waals surface area contributed by atoms with Crippen LogP contribution in [-0.2, 0) is 13.0 Å². The molecule has 3 aromatic rings. The quantitative estimate of drug-likeness (QED) is 0.724. The summed E-state index contributed by atoms with van der Waals surface area (Å²) in [5, 5.41) is 13.7. The van der Waals surface area contributed by atoms with Crippen LogP contribution >= 0.6 is 0 Å². The fourth-order valence-electron chi connectivity index (χ4n) is 3.60. The average Bonchev–Trinajstić information content (AvgIpc) is 3.32. The van der Waals surface area contributed by atoms with Crippen molar-refractivity contribution in [1.29, 1.82) is 0 Å². The normalized spacial score (nSPS) is 17.3. The van der Waals surface area contributed by atoms with E-state index in [0.717, 1.165) is 43.9 Å². The van der Waals surface area contributed by atoms with Gasteiger partial charge >= 0.3 is 5.97 Å². The average molecular weight is 363 g/mol. The van der Waals surface area contributed by atoms with Gasteiger partial charge in [-0.25, -0.2) is 19.4 Å². The minimum atomic E-state index is -0.951. The molecular weight excluding hydrogens is 342 g/mol. The second kappa shape index (κ2) is 7.67. The Hall–Kier alpha value is -3.06. The maximum atomic E-state index is 11.4. The maximum Gasteiger partial charge on any atom is 0.337 e. The zero-order valence-corrected chi connectivity index (χ0v) is 14.9. The molecule has 1 unspecified atom stereocenters. The predicted octanol–water partition coefficient (Wildman–Crippen LogP) is 2.43. The molecule has 3 heterocycles. The van der Waals surface area contributed by atoms with E-state index < -0.39 is 5.97 Å². The molecule has 1 saturated heterocycles. The SMILES string of the molecule is O=C(O)c1ccccc1-n1cc(CN2CCC(Cc3ncccn3)C2)cn1. The van der Waals surface area contributed by atoms with E-state index in [0.29, 0.717) is 11.6 Å². The molecular formula is C20H21N5O2. The highest BCUT2D eigenvalue weighted by Crippen LogP contribution is 2.22. The summed E-state index contributed by atoms with van der Waals surface area (Å²) in [6.07, 6.45) is 9.34. The van der Waals surface area contributed by atoms with Crippen molar-refractivity contribution in [1.82, 2.24) is 24.6 Å². The standard InChI is InChI=1S/C20H21N5O2/c26-20(27)17-4-1-2-5-18(17)25-14-16(11-23-25)13-24-9-6-15(12-24)10-19-21-7-3-8-22-19/h1-5,7-8,11,14-15H,6,9-10,12-13H2,(H,26,27). The van der Waals surface area contributed by atoms with E-state index in [4.69, 9.17) is 0 Å². The fraction of sp³-hybridized carbons (Fsp3) is 0.300. The van der Waals surface area contributed by atoms with E-state index in [2.05, 4.69) is 20.0 Å². The van der Waals surface area contributed by atoms with Gasteiger partial charge in [-0.15, -0.1) is 0 Å². The number of aromatic carboxylic acids is 1. The molecule has 1 aliphatic rings. The van der Waals surface area contributed by atoms with Gasteiger partial charge in [0.05, 0.1) is 17.4 Å². The summed E-state index contributed by atoms with van der Waals surface area (Å²) in [4.78, 5) is 22.4. The van der Waals surface area contributed by atoms with Gasteiger partial charge in [0, 0.05) is 43.7 Å². The minimum Gasteiger partial charge on any atom is -0.478 e. The number of carboxylic acid groups (broad SMARTS) is 1. The Kier molecular flexibility index (Phi) is 4.93. The second-order valence-electron chi connectivity index (χ2n) is 6.87. The Bertz CT molecular complexity index is 925. The van der Waals surface area contributed by atoms with Crippen molar-refractivity contribution in [3.63, 3.8) is 0 Å². The number of nitrogens with zero attached hydrogens (tertiary/aromatic N) is 5. The molecule has 1 aromatic carbocycles. The summed E-state index contributed by atoms with van der Waals surface area (Å²) in [6, 6.07) is 8.74. The molecule has 1 N–H and O–H groups in total. The maximum absolute atomic E-state index is 11.4. The third kappa shape index (κ3) is 4.03. The first-order valence-corrected chi connectivity index (χ1v) is 9.03. The number of carbonyl (C=O) groups is 1. The predicted molar refractivity (Wildman–Crippen MR) is 99.6 cm³/mol. The molecule has 2 aromatic heterocycles. The molecule has 1 atom stereocenters. The van der Waals surface area contributed by atoms with Crippen LogP contribution in [0.15, 0.2) is 55.1 Å². The molecule has 138 valence electrons. The summed E-state index contributed by atoms with van der Waals surface area (Å²) in [5.74, 6) is 0.519. The third-order valence-electron chi connectivity index (χ3n) is 4.88. The molecule has 1 fully saturated rings. The molecule has 0 spiro atoms. The largest absolute Gasteiger partial charge is 0.478 e. The highest BCUT2D eigenvalue weighted by Gasteiger charge is 2.24. The Labute approximate surface area is 157 Å². The molecule has 1 aliphatic heterocycles. The van der Waals surface area contributed by atoms with Gasteiger partial charge in [-0.1, -0.05) is 12.1 Å². The van der Waals surface area contributed by atoms with Gasteiger partial charge in [0.15, 0.2) is 0 Å². The van der Waals surface area contributed by atoms with Crippen molar-refractivity contribution >= 4 is 5.97 Å². The number of benzene rings is 1. The number of para-hydroxylation sites is 1. The van der Waals surface area contributed by atoms with E-state index in [1.54, 1.807) is 35.3 Å². The number of likely N-dealkylation sites (tertiary alicyclic amines) is 1. The lowest BCUT2D eigenvalue weighted by molar-refractivity contribution is 0.0696. The number of carboxylic acids is 1. The van der Waals surface area contributed by atoms with Crippen LogP contribution in [0.3, 0.4) is 0 Å². The highest BCUT2D eigenvalue weighted by molar-refractivity contribution is 5.91. The van der Waals surface area contributed by atoms with Crippen LogP contribution < -0.4 is 0 Å². The van der Waals surface area contributed by atoms with Gasteiger partial charge in [0.25, 0.3) is 0 Å². The zero-order valence-electron chi connectivity index (χ0n) is 14.9. The van der Waals surface area contributed by atoms with E-state index >= 15 is 0 Å². The van der Waals surface area contributed by atoms with Crippen LogP contribution in [0.4, 0.5) is 0 Å². The van der Waals surface area contributed by atoms with E-state index in [9.17, 15) is 9.90 Å². The lowest BCUT2D eigenvalue weighted by Crippen LogP contribution is -2.20. The number of hydrogen-bond donors (Lipinski definition) is 1. The summed E-state index contributed by atoms with van der Waals surface area (Å²) < 4.78 is 1.64. The molecule has 0 bridgehead atoms. The number of hydrogen-bond acceptors (Lipinski definition) is 5. The first-order valence-electron chi connectivity index (χ1n) is 9.03. The second-order valence-corrected chi connectivity index (χ2v) is 6.87. The Morgan fingerprint density at radius 3 is 2.81 bits per heavy atom. The van der Waals surface area contributed by atoms with Crippen LogP contribution in [0.2, 0.25) is 0 Å². The van der Waals surface area contributed by atoms with Crippen LogP contribution in [0.25, 0.3) is 5.69 Å². The van der Waals surface area contributed by atoms with Crippen molar-refractivity contribution in [2.24, 2.45) is 5.92 Å².